The molecule has 0 aliphatic rings. The fourth-order valence-electron chi connectivity index (χ4n) is 1.78. The van der Waals surface area contributed by atoms with Crippen LogP contribution >= 0.6 is 0 Å². The van der Waals surface area contributed by atoms with Crippen LogP contribution in [-0.2, 0) is 6.42 Å². The van der Waals surface area contributed by atoms with Gasteiger partial charge in [0.2, 0.25) is 0 Å². The average molecular weight is 241 g/mol. The van der Waals surface area contributed by atoms with Gasteiger partial charge in [-0.15, -0.1) is 0 Å². The number of carbonyl (C=O) groups is 1. The minimum Gasteiger partial charge on any atom is -0.456 e. The molecule has 3 nitrogen and oxygen atoms in total. The van der Waals surface area contributed by atoms with Crippen LogP contribution in [0.3, 0.4) is 0 Å². The first-order chi connectivity index (χ1) is 8.72. The van der Waals surface area contributed by atoms with Crippen LogP contribution < -0.4 is 10.5 Å². The molecule has 0 aliphatic carbocycles. The van der Waals surface area contributed by atoms with Gasteiger partial charge in [0.1, 0.15) is 11.5 Å². The predicted octanol–water partition coefficient (Wildman–Crippen LogP) is 3.14. The molecular weight excluding hydrogens is 226 g/mol. The smallest absolute Gasteiger partial charge is 0.252 e. The normalized spacial score (nSPS) is 10.1. The van der Waals surface area contributed by atoms with Gasteiger partial charge in [0, 0.05) is 0 Å². The monoisotopic (exact) mass is 241 g/mol. The van der Waals surface area contributed by atoms with Crippen molar-refractivity contribution in [2.24, 2.45) is 5.73 Å². The highest BCUT2D eigenvalue weighted by molar-refractivity contribution is 5.96. The average Bonchev–Trinajstić information content (AvgIpc) is 2.40. The SMILES string of the molecule is CCc1cccc(C(N)=O)c1Oc1ccccc1. The predicted molar refractivity (Wildman–Crippen MR) is 70.9 cm³/mol. The second-order valence-electron chi connectivity index (χ2n) is 3.93. The van der Waals surface area contributed by atoms with Crippen molar-refractivity contribution in [2.45, 2.75) is 13.3 Å². The molecule has 0 radical (unpaired) electrons. The molecule has 2 rings (SSSR count). The Kier molecular flexibility index (Phi) is 3.63. The summed E-state index contributed by atoms with van der Waals surface area (Å²) in [6, 6.07) is 14.8. The van der Waals surface area contributed by atoms with E-state index < -0.39 is 5.91 Å². The molecule has 0 unspecified atom stereocenters. The van der Waals surface area contributed by atoms with Crippen molar-refractivity contribution in [1.82, 2.24) is 0 Å². The van der Waals surface area contributed by atoms with Gasteiger partial charge in [0.15, 0.2) is 0 Å². The molecule has 0 fully saturated rings. The van der Waals surface area contributed by atoms with Crippen molar-refractivity contribution in [1.29, 1.82) is 0 Å². The zero-order valence-corrected chi connectivity index (χ0v) is 10.2. The van der Waals surface area contributed by atoms with E-state index in [9.17, 15) is 4.79 Å². The summed E-state index contributed by atoms with van der Waals surface area (Å²) < 4.78 is 5.79. The summed E-state index contributed by atoms with van der Waals surface area (Å²) in [5.74, 6) is 0.774. The number of rotatable bonds is 4. The number of carbonyl (C=O) groups excluding carboxylic acids is 1. The molecule has 0 heterocycles. The Hall–Kier alpha value is -2.29. The molecule has 0 saturated heterocycles. The van der Waals surface area contributed by atoms with Crippen molar-refractivity contribution in [2.75, 3.05) is 0 Å². The first-order valence-electron chi connectivity index (χ1n) is 5.87. The topological polar surface area (TPSA) is 52.3 Å². The molecule has 92 valence electrons. The summed E-state index contributed by atoms with van der Waals surface area (Å²) in [5, 5.41) is 0. The van der Waals surface area contributed by atoms with Crippen LogP contribution in [0.25, 0.3) is 0 Å². The highest BCUT2D eigenvalue weighted by Gasteiger charge is 2.13. The van der Waals surface area contributed by atoms with Gasteiger partial charge in [-0.3, -0.25) is 4.79 Å². The van der Waals surface area contributed by atoms with Crippen LogP contribution in [0.1, 0.15) is 22.8 Å². The van der Waals surface area contributed by atoms with E-state index in [4.69, 9.17) is 10.5 Å². The molecule has 0 saturated carbocycles. The van der Waals surface area contributed by atoms with Crippen LogP contribution in [0.2, 0.25) is 0 Å². The van der Waals surface area contributed by atoms with Gasteiger partial charge in [-0.05, 0) is 30.2 Å². The number of ether oxygens (including phenoxy) is 1. The van der Waals surface area contributed by atoms with E-state index in [1.807, 2.05) is 49.4 Å². The van der Waals surface area contributed by atoms with Crippen LogP contribution in [-0.4, -0.2) is 5.91 Å². The number of primary amides is 1. The molecule has 0 bridgehead atoms. The lowest BCUT2D eigenvalue weighted by atomic mass is 10.1. The molecule has 2 aromatic carbocycles. The molecule has 2 aromatic rings. The van der Waals surface area contributed by atoms with Gasteiger partial charge in [-0.2, -0.15) is 0 Å². The lowest BCUT2D eigenvalue weighted by molar-refractivity contribution is 0.0998. The third kappa shape index (κ3) is 2.51. The van der Waals surface area contributed by atoms with Crippen molar-refractivity contribution < 1.29 is 9.53 Å². The number of para-hydroxylation sites is 2. The second kappa shape index (κ2) is 5.36. The number of benzene rings is 2. The quantitative estimate of drug-likeness (QED) is 0.894. The molecule has 3 heteroatoms. The maximum atomic E-state index is 11.4. The zero-order valence-electron chi connectivity index (χ0n) is 10.2. The Balaban J connectivity index is 2.44. The standard InChI is InChI=1S/C15H15NO2/c1-2-11-7-6-10-13(15(16)17)14(11)18-12-8-4-3-5-9-12/h3-10H,2H2,1H3,(H2,16,17). The van der Waals surface area contributed by atoms with Gasteiger partial charge < -0.3 is 10.5 Å². The van der Waals surface area contributed by atoms with Crippen LogP contribution in [0.4, 0.5) is 0 Å². The fourth-order valence-corrected chi connectivity index (χ4v) is 1.78. The van der Waals surface area contributed by atoms with Gasteiger partial charge in [0.05, 0.1) is 5.56 Å². The summed E-state index contributed by atoms with van der Waals surface area (Å²) in [4.78, 5) is 11.4. The summed E-state index contributed by atoms with van der Waals surface area (Å²) >= 11 is 0. The second-order valence-corrected chi connectivity index (χ2v) is 3.93. The minimum atomic E-state index is -0.476. The molecule has 18 heavy (non-hydrogen) atoms. The van der Waals surface area contributed by atoms with E-state index >= 15 is 0 Å². The summed E-state index contributed by atoms with van der Waals surface area (Å²) in [7, 11) is 0. The van der Waals surface area contributed by atoms with E-state index in [0.29, 0.717) is 17.1 Å². The Labute approximate surface area is 106 Å². The Morgan fingerprint density at radius 1 is 1.11 bits per heavy atom. The third-order valence-corrected chi connectivity index (χ3v) is 2.71. The highest BCUT2D eigenvalue weighted by atomic mass is 16.5. The van der Waals surface area contributed by atoms with Crippen molar-refractivity contribution >= 4 is 5.91 Å². The Morgan fingerprint density at radius 2 is 1.83 bits per heavy atom. The largest absolute Gasteiger partial charge is 0.456 e. The third-order valence-electron chi connectivity index (χ3n) is 2.71. The number of hydrogen-bond acceptors (Lipinski definition) is 2. The number of nitrogens with two attached hydrogens (primary N) is 1. The van der Waals surface area contributed by atoms with E-state index in [0.717, 1.165) is 12.0 Å². The van der Waals surface area contributed by atoms with Crippen molar-refractivity contribution in [3.05, 3.63) is 59.7 Å². The van der Waals surface area contributed by atoms with E-state index in [2.05, 4.69) is 0 Å². The molecule has 1 amide bonds. The Morgan fingerprint density at radius 3 is 2.44 bits per heavy atom. The van der Waals surface area contributed by atoms with Gasteiger partial charge in [0.25, 0.3) is 5.91 Å². The fraction of sp³-hybridized carbons (Fsp3) is 0.133. The molecule has 0 aliphatic heterocycles. The van der Waals surface area contributed by atoms with Gasteiger partial charge >= 0.3 is 0 Å². The Bertz CT molecular complexity index is 550. The zero-order chi connectivity index (χ0) is 13.0. The molecule has 2 N–H and O–H groups in total. The van der Waals surface area contributed by atoms with Crippen LogP contribution in [0, 0.1) is 0 Å². The summed E-state index contributed by atoms with van der Waals surface area (Å²) in [6.07, 6.45) is 0.781. The van der Waals surface area contributed by atoms with E-state index in [-0.39, 0.29) is 0 Å². The van der Waals surface area contributed by atoms with E-state index in [1.165, 1.54) is 0 Å². The lowest BCUT2D eigenvalue weighted by Crippen LogP contribution is -2.13. The molecule has 0 aromatic heterocycles. The summed E-state index contributed by atoms with van der Waals surface area (Å²) in [6.45, 7) is 2.01. The molecular formula is C15H15NO2. The van der Waals surface area contributed by atoms with E-state index in [1.54, 1.807) is 6.07 Å². The summed E-state index contributed by atoms with van der Waals surface area (Å²) in [5.41, 5.74) is 6.76. The highest BCUT2D eigenvalue weighted by Crippen LogP contribution is 2.29. The maximum Gasteiger partial charge on any atom is 0.252 e. The lowest BCUT2D eigenvalue weighted by Gasteiger charge is -2.13. The first kappa shape index (κ1) is 12.2. The number of hydrogen-bond donors (Lipinski definition) is 1. The number of amides is 1. The van der Waals surface area contributed by atoms with Crippen molar-refractivity contribution in [3.8, 4) is 11.5 Å². The molecule has 0 spiro atoms. The maximum absolute atomic E-state index is 11.4. The van der Waals surface area contributed by atoms with Gasteiger partial charge in [-0.25, -0.2) is 0 Å². The van der Waals surface area contributed by atoms with Crippen LogP contribution in [0.5, 0.6) is 11.5 Å². The van der Waals surface area contributed by atoms with Crippen LogP contribution in [0.15, 0.2) is 48.5 Å². The first-order valence-corrected chi connectivity index (χ1v) is 5.87. The number of aryl methyl sites for hydroxylation is 1. The molecule has 0 atom stereocenters. The minimum absolute atomic E-state index is 0.415. The van der Waals surface area contributed by atoms with Crippen molar-refractivity contribution in [3.63, 3.8) is 0 Å². The van der Waals surface area contributed by atoms with Gasteiger partial charge in [-0.1, -0.05) is 37.3 Å².